The van der Waals surface area contributed by atoms with Gasteiger partial charge in [-0.05, 0) is 25.1 Å². The Kier molecular flexibility index (Phi) is 6.45. The fourth-order valence-electron chi connectivity index (χ4n) is 1.76. The predicted octanol–water partition coefficient (Wildman–Crippen LogP) is 1.24. The van der Waals surface area contributed by atoms with Crippen LogP contribution < -0.4 is 11.1 Å². The molecule has 0 unspecified atom stereocenters. The highest BCUT2D eigenvalue weighted by atomic mass is 19.1. The second kappa shape index (κ2) is 7.86. The summed E-state index contributed by atoms with van der Waals surface area (Å²) >= 11 is 0. The van der Waals surface area contributed by atoms with Crippen molar-refractivity contribution in [3.05, 3.63) is 35.1 Å². The lowest BCUT2D eigenvalue weighted by Crippen LogP contribution is -2.35. The molecule has 1 amide bonds. The molecule has 1 aromatic carbocycles. The lowest BCUT2D eigenvalue weighted by molar-refractivity contribution is -0.122. The number of hydrogen-bond acceptors (Lipinski definition) is 3. The summed E-state index contributed by atoms with van der Waals surface area (Å²) in [5, 5.41) is 2.79. The SMILES string of the molecule is CCCNC(=O)CN(C)Cc1ccc(CN)cc1F. The lowest BCUT2D eigenvalue weighted by atomic mass is 10.1. The topological polar surface area (TPSA) is 58.4 Å². The molecule has 5 heteroatoms. The molecule has 0 atom stereocenters. The summed E-state index contributed by atoms with van der Waals surface area (Å²) in [6, 6.07) is 4.97. The van der Waals surface area contributed by atoms with E-state index in [4.69, 9.17) is 5.73 Å². The molecule has 106 valence electrons. The van der Waals surface area contributed by atoms with Crippen molar-refractivity contribution in [2.75, 3.05) is 20.1 Å². The lowest BCUT2D eigenvalue weighted by Gasteiger charge is -2.17. The quantitative estimate of drug-likeness (QED) is 0.781. The molecule has 19 heavy (non-hydrogen) atoms. The van der Waals surface area contributed by atoms with Gasteiger partial charge in [0, 0.05) is 25.2 Å². The largest absolute Gasteiger partial charge is 0.355 e. The van der Waals surface area contributed by atoms with Crippen LogP contribution in [0.3, 0.4) is 0 Å². The summed E-state index contributed by atoms with van der Waals surface area (Å²) in [5.41, 5.74) is 6.79. The molecule has 1 aromatic rings. The van der Waals surface area contributed by atoms with Crippen LogP contribution in [0.25, 0.3) is 0 Å². The van der Waals surface area contributed by atoms with E-state index in [1.807, 2.05) is 13.0 Å². The van der Waals surface area contributed by atoms with Crippen LogP contribution in [0.1, 0.15) is 24.5 Å². The summed E-state index contributed by atoms with van der Waals surface area (Å²) in [4.78, 5) is 13.3. The van der Waals surface area contributed by atoms with Gasteiger partial charge < -0.3 is 11.1 Å². The third-order valence-corrected chi connectivity index (χ3v) is 2.78. The van der Waals surface area contributed by atoms with E-state index in [0.717, 1.165) is 12.0 Å². The molecular weight excluding hydrogens is 245 g/mol. The molecule has 4 nitrogen and oxygen atoms in total. The van der Waals surface area contributed by atoms with Crippen LogP contribution in [0.2, 0.25) is 0 Å². The molecule has 0 aliphatic heterocycles. The highest BCUT2D eigenvalue weighted by Gasteiger charge is 2.09. The van der Waals surface area contributed by atoms with Crippen molar-refractivity contribution in [3.63, 3.8) is 0 Å². The van der Waals surface area contributed by atoms with Crippen molar-refractivity contribution in [2.45, 2.75) is 26.4 Å². The first-order valence-corrected chi connectivity index (χ1v) is 6.49. The number of amides is 1. The Balaban J connectivity index is 2.52. The third kappa shape index (κ3) is 5.36. The van der Waals surface area contributed by atoms with Crippen molar-refractivity contribution in [3.8, 4) is 0 Å². The number of nitrogens with zero attached hydrogens (tertiary/aromatic N) is 1. The molecule has 0 aliphatic carbocycles. The molecule has 0 spiro atoms. The minimum absolute atomic E-state index is 0.0386. The molecular formula is C14H22FN3O. The van der Waals surface area contributed by atoms with Gasteiger partial charge in [-0.2, -0.15) is 0 Å². The van der Waals surface area contributed by atoms with E-state index >= 15 is 0 Å². The second-order valence-corrected chi connectivity index (χ2v) is 4.65. The van der Waals surface area contributed by atoms with Gasteiger partial charge in [0.25, 0.3) is 0 Å². The zero-order valence-electron chi connectivity index (χ0n) is 11.6. The van der Waals surface area contributed by atoms with Crippen LogP contribution >= 0.6 is 0 Å². The summed E-state index contributed by atoms with van der Waals surface area (Å²) in [5.74, 6) is -0.313. The van der Waals surface area contributed by atoms with E-state index in [1.165, 1.54) is 6.07 Å². The normalized spacial score (nSPS) is 10.8. The van der Waals surface area contributed by atoms with E-state index in [0.29, 0.717) is 25.2 Å². The first kappa shape index (κ1) is 15.6. The van der Waals surface area contributed by atoms with E-state index in [1.54, 1.807) is 18.0 Å². The number of carbonyl (C=O) groups excluding carboxylic acids is 1. The number of carbonyl (C=O) groups is 1. The minimum Gasteiger partial charge on any atom is -0.355 e. The van der Waals surface area contributed by atoms with Crippen molar-refractivity contribution in [1.82, 2.24) is 10.2 Å². The number of likely N-dealkylation sites (N-methyl/N-ethyl adjacent to an activating group) is 1. The number of rotatable bonds is 7. The van der Waals surface area contributed by atoms with E-state index in [9.17, 15) is 9.18 Å². The second-order valence-electron chi connectivity index (χ2n) is 4.65. The number of nitrogens with one attached hydrogen (secondary N) is 1. The number of benzene rings is 1. The maximum absolute atomic E-state index is 13.8. The van der Waals surface area contributed by atoms with Gasteiger partial charge in [-0.15, -0.1) is 0 Å². The molecule has 3 N–H and O–H groups in total. The minimum atomic E-state index is -0.274. The van der Waals surface area contributed by atoms with Crippen LogP contribution in [0.5, 0.6) is 0 Å². The monoisotopic (exact) mass is 267 g/mol. The summed E-state index contributed by atoms with van der Waals surface area (Å²) in [6.45, 7) is 3.66. The molecule has 0 saturated heterocycles. The molecule has 0 fully saturated rings. The molecule has 0 bridgehead atoms. The van der Waals surface area contributed by atoms with Crippen molar-refractivity contribution < 1.29 is 9.18 Å². The Hall–Kier alpha value is -1.46. The van der Waals surface area contributed by atoms with Gasteiger partial charge in [0.2, 0.25) is 5.91 Å². The van der Waals surface area contributed by atoms with Crippen LogP contribution in [0, 0.1) is 5.82 Å². The van der Waals surface area contributed by atoms with Gasteiger partial charge in [-0.1, -0.05) is 19.1 Å². The Morgan fingerprint density at radius 1 is 1.47 bits per heavy atom. The molecule has 0 aromatic heterocycles. The zero-order chi connectivity index (χ0) is 14.3. The molecule has 0 saturated carbocycles. The first-order chi connectivity index (χ1) is 9.06. The van der Waals surface area contributed by atoms with Gasteiger partial charge in [0.05, 0.1) is 6.54 Å². The van der Waals surface area contributed by atoms with Crippen LogP contribution in [0.4, 0.5) is 4.39 Å². The smallest absolute Gasteiger partial charge is 0.234 e. The number of hydrogen-bond donors (Lipinski definition) is 2. The third-order valence-electron chi connectivity index (χ3n) is 2.78. The molecule has 0 heterocycles. The Bertz CT molecular complexity index is 423. The van der Waals surface area contributed by atoms with Crippen LogP contribution in [-0.2, 0) is 17.9 Å². The van der Waals surface area contributed by atoms with E-state index < -0.39 is 0 Å². The predicted molar refractivity (Wildman–Crippen MR) is 73.9 cm³/mol. The van der Waals surface area contributed by atoms with Gasteiger partial charge in [0.15, 0.2) is 0 Å². The highest BCUT2D eigenvalue weighted by Crippen LogP contribution is 2.12. The number of nitrogens with two attached hydrogens (primary N) is 1. The Morgan fingerprint density at radius 3 is 2.79 bits per heavy atom. The average molecular weight is 267 g/mol. The maximum atomic E-state index is 13.8. The van der Waals surface area contributed by atoms with Crippen molar-refractivity contribution >= 4 is 5.91 Å². The van der Waals surface area contributed by atoms with E-state index in [-0.39, 0.29) is 18.3 Å². The van der Waals surface area contributed by atoms with Crippen molar-refractivity contribution in [2.24, 2.45) is 5.73 Å². The average Bonchev–Trinajstić information content (AvgIpc) is 2.38. The van der Waals surface area contributed by atoms with Gasteiger partial charge >= 0.3 is 0 Å². The Labute approximate surface area is 113 Å². The maximum Gasteiger partial charge on any atom is 0.234 e. The van der Waals surface area contributed by atoms with Crippen LogP contribution in [0.15, 0.2) is 18.2 Å². The van der Waals surface area contributed by atoms with Gasteiger partial charge in [-0.25, -0.2) is 4.39 Å². The van der Waals surface area contributed by atoms with E-state index in [2.05, 4.69) is 5.32 Å². The highest BCUT2D eigenvalue weighted by molar-refractivity contribution is 5.77. The fourth-order valence-corrected chi connectivity index (χ4v) is 1.76. The van der Waals surface area contributed by atoms with Gasteiger partial charge in [0.1, 0.15) is 5.82 Å². The summed E-state index contributed by atoms with van der Waals surface area (Å²) in [7, 11) is 1.79. The first-order valence-electron chi connectivity index (χ1n) is 6.49. The molecule has 1 rings (SSSR count). The molecule has 0 aliphatic rings. The summed E-state index contributed by atoms with van der Waals surface area (Å²) in [6.07, 6.45) is 0.907. The molecule has 0 radical (unpaired) electrons. The van der Waals surface area contributed by atoms with Gasteiger partial charge in [-0.3, -0.25) is 9.69 Å². The fraction of sp³-hybridized carbons (Fsp3) is 0.500. The number of halogens is 1. The summed E-state index contributed by atoms with van der Waals surface area (Å²) < 4.78 is 13.8. The standard InChI is InChI=1S/C14H22FN3O/c1-3-6-17-14(19)10-18(2)9-12-5-4-11(8-16)7-13(12)15/h4-5,7H,3,6,8-10,16H2,1-2H3,(H,17,19). The zero-order valence-corrected chi connectivity index (χ0v) is 11.6. The Morgan fingerprint density at radius 2 is 2.21 bits per heavy atom. The van der Waals surface area contributed by atoms with Crippen LogP contribution in [-0.4, -0.2) is 30.9 Å². The van der Waals surface area contributed by atoms with Crippen molar-refractivity contribution in [1.29, 1.82) is 0 Å².